The van der Waals surface area contributed by atoms with E-state index in [1.54, 1.807) is 13.0 Å². The Labute approximate surface area is 257 Å². The Hall–Kier alpha value is -3.79. The lowest BCUT2D eigenvalue weighted by atomic mass is 9.97. The Balaban J connectivity index is 1.38. The molecule has 3 aromatic rings. The number of ether oxygens (including phenoxy) is 1. The molecule has 0 radical (unpaired) electrons. The average Bonchev–Trinajstić information content (AvgIpc) is 3.59. The van der Waals surface area contributed by atoms with Crippen molar-refractivity contribution in [3.8, 4) is 17.0 Å². The lowest BCUT2D eigenvalue weighted by Crippen LogP contribution is -2.40. The van der Waals surface area contributed by atoms with Gasteiger partial charge in [0.25, 0.3) is 0 Å². The van der Waals surface area contributed by atoms with Gasteiger partial charge in [0.1, 0.15) is 28.3 Å². The standard InChI is InChI=1S/C29H29F6N5O4S/c1-16-9-18(11-19(10-16)44-29(33,34)35)26-22(15-40-6-2-3-23(40)28(30,31)32)45-25(38-26)12-21(41)20-13-37-24(14-36-20)39-7-4-17(5-8-39)27(42)43/h9-11,13-14,17,23H,2-8,12,15H2,1H3,(H,42,43)/t23-/m0/s1. The molecule has 2 fully saturated rings. The molecule has 1 aromatic carbocycles. The number of rotatable bonds is 9. The van der Waals surface area contributed by atoms with Crippen LogP contribution in [-0.4, -0.2) is 74.9 Å². The van der Waals surface area contributed by atoms with Gasteiger partial charge in [0.15, 0.2) is 5.78 Å². The molecule has 5 rings (SSSR count). The average molecular weight is 658 g/mol. The molecule has 0 aliphatic carbocycles. The van der Waals surface area contributed by atoms with Crippen molar-refractivity contribution in [2.45, 2.75) is 64.2 Å². The van der Waals surface area contributed by atoms with Gasteiger partial charge >= 0.3 is 18.5 Å². The van der Waals surface area contributed by atoms with E-state index >= 15 is 0 Å². The Kier molecular flexibility index (Phi) is 9.35. The lowest BCUT2D eigenvalue weighted by molar-refractivity contribution is -0.274. The SMILES string of the molecule is Cc1cc(OC(F)(F)F)cc(-c2nc(CC(=O)c3cnc(N4CCC(C(=O)O)CC4)cn3)sc2CN2CCC[C@H]2C(F)(F)F)c1. The Morgan fingerprint density at radius 3 is 2.38 bits per heavy atom. The van der Waals surface area contributed by atoms with Gasteiger partial charge in [0.2, 0.25) is 0 Å². The Morgan fingerprint density at radius 2 is 1.76 bits per heavy atom. The van der Waals surface area contributed by atoms with Crippen LogP contribution in [0.1, 0.15) is 51.6 Å². The van der Waals surface area contributed by atoms with Gasteiger partial charge in [0, 0.05) is 30.1 Å². The molecular formula is C29H29F6N5O4S. The van der Waals surface area contributed by atoms with Gasteiger partial charge in [-0.2, -0.15) is 13.2 Å². The molecule has 0 saturated carbocycles. The topological polar surface area (TPSA) is 109 Å². The molecule has 45 heavy (non-hydrogen) atoms. The van der Waals surface area contributed by atoms with Crippen molar-refractivity contribution < 1.29 is 45.8 Å². The first-order chi connectivity index (χ1) is 21.2. The maximum atomic E-state index is 13.7. The number of halogens is 6. The summed E-state index contributed by atoms with van der Waals surface area (Å²) in [6.07, 6.45) is -5.74. The lowest BCUT2D eigenvalue weighted by Gasteiger charge is -2.30. The van der Waals surface area contributed by atoms with Crippen molar-refractivity contribution in [3.63, 3.8) is 0 Å². The smallest absolute Gasteiger partial charge is 0.481 e. The van der Waals surface area contributed by atoms with Gasteiger partial charge in [-0.3, -0.25) is 14.5 Å². The number of carboxylic acids is 1. The highest BCUT2D eigenvalue weighted by atomic mass is 32.1. The number of anilines is 1. The van der Waals surface area contributed by atoms with Crippen LogP contribution < -0.4 is 9.64 Å². The van der Waals surface area contributed by atoms with Crippen molar-refractivity contribution >= 4 is 28.9 Å². The zero-order valence-electron chi connectivity index (χ0n) is 24.0. The van der Waals surface area contributed by atoms with Crippen molar-refractivity contribution in [3.05, 3.63) is 51.7 Å². The van der Waals surface area contributed by atoms with Gasteiger partial charge in [-0.05, 0) is 62.9 Å². The van der Waals surface area contributed by atoms with E-state index < -0.39 is 42.0 Å². The number of aliphatic carboxylic acids is 1. The number of alkyl halides is 6. The first kappa shape index (κ1) is 32.6. The molecule has 0 bridgehead atoms. The molecule has 2 aliphatic rings. The number of carbonyl (C=O) groups excluding carboxylic acids is 1. The van der Waals surface area contributed by atoms with Crippen LogP contribution in [0.15, 0.2) is 30.6 Å². The number of ketones is 1. The summed E-state index contributed by atoms with van der Waals surface area (Å²) in [7, 11) is 0. The highest BCUT2D eigenvalue weighted by molar-refractivity contribution is 7.12. The van der Waals surface area contributed by atoms with Crippen molar-refractivity contribution in [2.75, 3.05) is 24.5 Å². The Bertz CT molecular complexity index is 1540. The third-order valence-electron chi connectivity index (χ3n) is 7.79. The summed E-state index contributed by atoms with van der Waals surface area (Å²) in [6.45, 7) is 2.54. The minimum absolute atomic E-state index is 0.0329. The fraction of sp³-hybridized carbons (Fsp3) is 0.483. The number of carbonyl (C=O) groups is 2. The number of thiazole rings is 1. The van der Waals surface area contributed by atoms with E-state index in [9.17, 15) is 41.0 Å². The third-order valence-corrected chi connectivity index (χ3v) is 8.83. The molecule has 2 aromatic heterocycles. The second-order valence-corrected chi connectivity index (χ2v) is 12.3. The number of Topliss-reactive ketones (excluding diaryl/α,β-unsaturated/α-hetero) is 1. The molecule has 16 heteroatoms. The number of nitrogens with zero attached hydrogens (tertiary/aromatic N) is 5. The normalized spacial score (nSPS) is 18.4. The number of hydrogen-bond acceptors (Lipinski definition) is 9. The predicted molar refractivity (Wildman–Crippen MR) is 151 cm³/mol. The predicted octanol–water partition coefficient (Wildman–Crippen LogP) is 6.06. The number of carboxylic acid groups (broad SMARTS) is 1. The summed E-state index contributed by atoms with van der Waals surface area (Å²) >= 11 is 1.02. The van der Waals surface area contributed by atoms with Crippen molar-refractivity contribution in [1.82, 2.24) is 19.9 Å². The highest BCUT2D eigenvalue weighted by Crippen LogP contribution is 2.38. The van der Waals surface area contributed by atoms with Gasteiger partial charge in [-0.1, -0.05) is 0 Å². The van der Waals surface area contributed by atoms with Crippen molar-refractivity contribution in [2.24, 2.45) is 5.92 Å². The first-order valence-corrected chi connectivity index (χ1v) is 15.0. The summed E-state index contributed by atoms with van der Waals surface area (Å²) in [5, 5.41) is 9.45. The van der Waals surface area contributed by atoms with Crippen LogP contribution in [0.5, 0.6) is 5.75 Å². The fourth-order valence-corrected chi connectivity index (χ4v) is 6.78. The van der Waals surface area contributed by atoms with Crippen LogP contribution in [0.3, 0.4) is 0 Å². The van der Waals surface area contributed by atoms with E-state index in [1.165, 1.54) is 23.4 Å². The number of aryl methyl sites for hydroxylation is 1. The van der Waals surface area contributed by atoms with Gasteiger partial charge in [-0.25, -0.2) is 15.0 Å². The van der Waals surface area contributed by atoms with E-state index in [1.807, 2.05) is 4.90 Å². The fourth-order valence-electron chi connectivity index (χ4n) is 5.67. The van der Waals surface area contributed by atoms with Crippen LogP contribution in [0.4, 0.5) is 32.2 Å². The first-order valence-electron chi connectivity index (χ1n) is 14.2. The molecular weight excluding hydrogens is 628 g/mol. The Morgan fingerprint density at radius 1 is 1.02 bits per heavy atom. The van der Waals surface area contributed by atoms with E-state index in [0.29, 0.717) is 48.6 Å². The molecule has 2 saturated heterocycles. The summed E-state index contributed by atoms with van der Waals surface area (Å²) in [5.41, 5.74) is 0.848. The summed E-state index contributed by atoms with van der Waals surface area (Å²) in [4.78, 5) is 40.9. The maximum absolute atomic E-state index is 13.7. The second-order valence-electron chi connectivity index (χ2n) is 11.1. The minimum atomic E-state index is -4.95. The monoisotopic (exact) mass is 657 g/mol. The highest BCUT2D eigenvalue weighted by Gasteiger charge is 2.46. The van der Waals surface area contributed by atoms with Gasteiger partial charge < -0.3 is 14.7 Å². The van der Waals surface area contributed by atoms with E-state index in [2.05, 4.69) is 19.7 Å². The summed E-state index contributed by atoms with van der Waals surface area (Å²) in [5.74, 6) is -1.71. The molecule has 2 aliphatic heterocycles. The molecule has 242 valence electrons. The van der Waals surface area contributed by atoms with Crippen LogP contribution in [0.25, 0.3) is 11.3 Å². The van der Waals surface area contributed by atoms with Gasteiger partial charge in [-0.15, -0.1) is 24.5 Å². The van der Waals surface area contributed by atoms with Crippen LogP contribution in [0.2, 0.25) is 0 Å². The quantitative estimate of drug-likeness (QED) is 0.217. The number of hydrogen-bond donors (Lipinski definition) is 1. The molecule has 4 heterocycles. The minimum Gasteiger partial charge on any atom is -0.481 e. The number of aromatic nitrogens is 3. The number of benzene rings is 1. The molecule has 1 atom stereocenters. The summed E-state index contributed by atoms with van der Waals surface area (Å²) < 4.78 is 84.1. The van der Waals surface area contributed by atoms with Crippen LogP contribution in [0, 0.1) is 12.8 Å². The van der Waals surface area contributed by atoms with E-state index in [-0.39, 0.29) is 47.9 Å². The van der Waals surface area contributed by atoms with Crippen LogP contribution in [-0.2, 0) is 17.8 Å². The largest absolute Gasteiger partial charge is 0.573 e. The van der Waals surface area contributed by atoms with E-state index in [4.69, 9.17) is 0 Å². The zero-order chi connectivity index (χ0) is 32.5. The van der Waals surface area contributed by atoms with Crippen molar-refractivity contribution in [1.29, 1.82) is 0 Å². The zero-order valence-corrected chi connectivity index (χ0v) is 24.8. The van der Waals surface area contributed by atoms with Gasteiger partial charge in [0.05, 0.1) is 30.4 Å². The molecule has 0 amide bonds. The molecule has 9 nitrogen and oxygen atoms in total. The molecule has 1 N–H and O–H groups in total. The molecule has 0 unspecified atom stereocenters. The number of piperidine rings is 1. The van der Waals surface area contributed by atoms with E-state index in [0.717, 1.165) is 17.4 Å². The second kappa shape index (κ2) is 12.9. The number of likely N-dealkylation sites (tertiary alicyclic amines) is 1. The summed E-state index contributed by atoms with van der Waals surface area (Å²) in [6, 6.07) is 2.20. The maximum Gasteiger partial charge on any atom is 0.573 e. The third kappa shape index (κ3) is 8.09. The molecule has 0 spiro atoms. The van der Waals surface area contributed by atoms with Crippen LogP contribution >= 0.6 is 11.3 Å².